The molecule has 0 aromatic heterocycles. The van der Waals surface area contributed by atoms with Crippen LogP contribution in [-0.4, -0.2) is 49.1 Å². The van der Waals surface area contributed by atoms with Crippen molar-refractivity contribution in [3.63, 3.8) is 0 Å². The quantitative estimate of drug-likeness (QED) is 0.508. The van der Waals surface area contributed by atoms with Crippen LogP contribution in [0.2, 0.25) is 0 Å². The molecule has 7 nitrogen and oxygen atoms in total. The minimum atomic E-state index is -0.556. The number of hydrogen-bond acceptors (Lipinski definition) is 7. The number of carbonyl (C=O) groups is 2. The molecule has 8 heteroatoms. The number of carbonyl (C=O) groups excluding carboxylic acids is 2. The Bertz CT molecular complexity index is 837. The van der Waals surface area contributed by atoms with Crippen molar-refractivity contribution in [2.75, 3.05) is 6.61 Å². The third-order valence-electron chi connectivity index (χ3n) is 7.03. The first kappa shape index (κ1) is 24.7. The zero-order valence-corrected chi connectivity index (χ0v) is 20.3. The number of rotatable bonds is 5. The summed E-state index contributed by atoms with van der Waals surface area (Å²) in [5, 5.41) is 0. The van der Waals surface area contributed by atoms with E-state index in [0.29, 0.717) is 0 Å². The summed E-state index contributed by atoms with van der Waals surface area (Å²) in [7, 11) is -0.470. The van der Waals surface area contributed by atoms with E-state index in [4.69, 9.17) is 23.5 Å². The van der Waals surface area contributed by atoms with Crippen LogP contribution in [0.15, 0.2) is 24.3 Å². The van der Waals surface area contributed by atoms with Crippen molar-refractivity contribution in [2.45, 2.75) is 84.9 Å². The monoisotopic (exact) mass is 446 g/mol. The predicted molar refractivity (Wildman–Crippen MR) is 120 cm³/mol. The van der Waals surface area contributed by atoms with Crippen molar-refractivity contribution in [1.29, 1.82) is 0 Å². The van der Waals surface area contributed by atoms with E-state index < -0.39 is 36.5 Å². The summed E-state index contributed by atoms with van der Waals surface area (Å²) in [5.41, 5.74) is 1.04. The zero-order chi connectivity index (χ0) is 23.8. The highest BCUT2D eigenvalue weighted by atomic mass is 16.7. The lowest BCUT2D eigenvalue weighted by atomic mass is 9.75. The molecule has 0 saturated carbocycles. The van der Waals surface area contributed by atoms with Gasteiger partial charge in [-0.3, -0.25) is 9.59 Å². The predicted octanol–water partition coefficient (Wildman–Crippen LogP) is 3.19. The van der Waals surface area contributed by atoms with E-state index in [2.05, 4.69) is 6.92 Å². The van der Waals surface area contributed by atoms with Crippen LogP contribution in [0.3, 0.4) is 0 Å². The number of ether oxygens (including phenoxy) is 3. The molecule has 0 unspecified atom stereocenters. The van der Waals surface area contributed by atoms with Crippen molar-refractivity contribution >= 4 is 24.5 Å². The number of esters is 2. The van der Waals surface area contributed by atoms with E-state index in [1.165, 1.54) is 13.8 Å². The Morgan fingerprint density at radius 3 is 2.19 bits per heavy atom. The summed E-state index contributed by atoms with van der Waals surface area (Å²) in [6.07, 6.45) is -1.32. The van der Waals surface area contributed by atoms with Gasteiger partial charge in [0.15, 0.2) is 0 Å². The smallest absolute Gasteiger partial charge is 0.463 e. The fourth-order valence-corrected chi connectivity index (χ4v) is 4.26. The topological polar surface area (TPSA) is 80.3 Å². The average molecular weight is 446 g/mol. The second-order valence-electron chi connectivity index (χ2n) is 9.95. The van der Waals surface area contributed by atoms with Crippen molar-refractivity contribution in [2.24, 2.45) is 11.8 Å². The molecular weight excluding hydrogens is 411 g/mol. The van der Waals surface area contributed by atoms with Crippen LogP contribution in [0, 0.1) is 11.8 Å². The maximum Gasteiger partial charge on any atom is 0.494 e. The van der Waals surface area contributed by atoms with Crippen LogP contribution in [0.5, 0.6) is 0 Å². The molecule has 176 valence electrons. The van der Waals surface area contributed by atoms with Gasteiger partial charge in [-0.2, -0.15) is 0 Å². The summed E-state index contributed by atoms with van der Waals surface area (Å²) in [6, 6.07) is 8.01. The number of hydrogen-bond donors (Lipinski definition) is 0. The van der Waals surface area contributed by atoms with Gasteiger partial charge in [0.05, 0.1) is 17.3 Å². The molecule has 2 fully saturated rings. The van der Waals surface area contributed by atoms with Gasteiger partial charge >= 0.3 is 19.1 Å². The Morgan fingerprint density at radius 2 is 1.62 bits per heavy atom. The van der Waals surface area contributed by atoms with E-state index in [1.54, 1.807) is 0 Å². The molecule has 1 aromatic rings. The second-order valence-corrected chi connectivity index (χ2v) is 9.95. The highest BCUT2D eigenvalue weighted by molar-refractivity contribution is 6.62. The Morgan fingerprint density at radius 1 is 1.00 bits per heavy atom. The van der Waals surface area contributed by atoms with Crippen molar-refractivity contribution in [3.05, 3.63) is 29.8 Å². The molecule has 0 aliphatic carbocycles. The third-order valence-corrected chi connectivity index (χ3v) is 7.03. The van der Waals surface area contributed by atoms with E-state index in [9.17, 15) is 9.59 Å². The molecule has 5 atom stereocenters. The highest BCUT2D eigenvalue weighted by Crippen LogP contribution is 2.41. The zero-order valence-electron chi connectivity index (χ0n) is 20.3. The van der Waals surface area contributed by atoms with Gasteiger partial charge in [-0.05, 0) is 44.6 Å². The lowest BCUT2D eigenvalue weighted by molar-refractivity contribution is -0.207. The molecule has 0 radical (unpaired) electrons. The number of benzene rings is 1. The maximum absolute atomic E-state index is 11.7. The molecule has 1 aromatic carbocycles. The molecule has 0 bridgehead atoms. The highest BCUT2D eigenvalue weighted by Gasteiger charge is 2.52. The van der Waals surface area contributed by atoms with Gasteiger partial charge in [0, 0.05) is 19.8 Å². The molecular formula is C24H35BO7. The summed E-state index contributed by atoms with van der Waals surface area (Å²) in [6.45, 7) is 15.0. The lowest BCUT2D eigenvalue weighted by Crippen LogP contribution is -2.50. The van der Waals surface area contributed by atoms with Crippen LogP contribution in [-0.2, 0) is 33.1 Å². The Kier molecular flexibility index (Phi) is 7.08. The summed E-state index contributed by atoms with van der Waals surface area (Å²) in [4.78, 5) is 23.1. The van der Waals surface area contributed by atoms with Crippen LogP contribution < -0.4 is 5.46 Å². The van der Waals surface area contributed by atoms with Crippen molar-refractivity contribution in [1.82, 2.24) is 0 Å². The molecule has 2 saturated heterocycles. The molecule has 2 heterocycles. The lowest BCUT2D eigenvalue weighted by Gasteiger charge is -2.44. The first-order chi connectivity index (χ1) is 14.8. The Balaban J connectivity index is 1.86. The summed E-state index contributed by atoms with van der Waals surface area (Å²) >= 11 is 0. The van der Waals surface area contributed by atoms with E-state index in [-0.39, 0.29) is 30.5 Å². The van der Waals surface area contributed by atoms with Crippen molar-refractivity contribution in [3.8, 4) is 0 Å². The average Bonchev–Trinajstić information content (AvgIpc) is 2.92. The Hall–Kier alpha value is -1.90. The molecule has 0 spiro atoms. The van der Waals surface area contributed by atoms with E-state index in [1.807, 2.05) is 58.9 Å². The van der Waals surface area contributed by atoms with Gasteiger partial charge in [-0.1, -0.05) is 38.1 Å². The largest absolute Gasteiger partial charge is 0.494 e. The fraction of sp³-hybridized carbons (Fsp3) is 0.667. The standard InChI is InChI=1S/C24H35BO7/c1-14-15(2)22(29-17(4)27)20(13-28-16(3)26)30-21(14)18-10-9-11-19(12-18)25-31-23(5,6)24(7,8)32-25/h9-12,14-15,20-22H,13H2,1-8H3/t14-,15+,20+,21-,22-/m0/s1. The first-order valence-electron chi connectivity index (χ1n) is 11.2. The van der Waals surface area contributed by atoms with Gasteiger partial charge in [0.2, 0.25) is 0 Å². The SMILES string of the molecule is CC(=O)OC[C@H]1O[C@H](c2cccc(B3OC(C)(C)C(C)(C)O3)c2)[C@@H](C)[C@@H](C)[C@@H]1OC(C)=O. The minimum absolute atomic E-state index is 0.00119. The van der Waals surface area contributed by atoms with Gasteiger partial charge in [-0.25, -0.2) is 0 Å². The molecule has 0 N–H and O–H groups in total. The van der Waals surface area contributed by atoms with Gasteiger partial charge in [-0.15, -0.1) is 0 Å². The second kappa shape index (κ2) is 9.16. The summed E-state index contributed by atoms with van der Waals surface area (Å²) in [5.74, 6) is -0.729. The normalized spacial score (nSPS) is 31.2. The molecule has 32 heavy (non-hydrogen) atoms. The van der Waals surface area contributed by atoms with E-state index in [0.717, 1.165) is 11.0 Å². The van der Waals surface area contributed by atoms with Crippen molar-refractivity contribution < 1.29 is 33.1 Å². The van der Waals surface area contributed by atoms with Crippen LogP contribution in [0.1, 0.15) is 67.1 Å². The third kappa shape index (κ3) is 5.02. The van der Waals surface area contributed by atoms with Crippen LogP contribution >= 0.6 is 0 Å². The molecule has 3 rings (SSSR count). The van der Waals surface area contributed by atoms with E-state index >= 15 is 0 Å². The van der Waals surface area contributed by atoms with Crippen LogP contribution in [0.25, 0.3) is 0 Å². The summed E-state index contributed by atoms with van der Waals surface area (Å²) < 4.78 is 29.6. The minimum Gasteiger partial charge on any atom is -0.463 e. The first-order valence-corrected chi connectivity index (χ1v) is 11.2. The molecule has 2 aliphatic heterocycles. The maximum atomic E-state index is 11.7. The molecule has 0 amide bonds. The molecule has 2 aliphatic rings. The van der Waals surface area contributed by atoms with Gasteiger partial charge < -0.3 is 23.5 Å². The fourth-order valence-electron chi connectivity index (χ4n) is 4.26. The van der Waals surface area contributed by atoms with Crippen LogP contribution in [0.4, 0.5) is 0 Å². The van der Waals surface area contributed by atoms with Gasteiger partial charge in [0.1, 0.15) is 18.8 Å². The van der Waals surface area contributed by atoms with Gasteiger partial charge in [0.25, 0.3) is 0 Å². The Labute approximate surface area is 191 Å².